The number of nitrogens with zero attached hydrogens (tertiary/aromatic N) is 1. The van der Waals surface area contributed by atoms with Crippen LogP contribution in [0.4, 0.5) is 0 Å². The number of hydrogen-bond donors (Lipinski definition) is 1. The lowest BCUT2D eigenvalue weighted by Crippen LogP contribution is -2.54. The average Bonchev–Trinajstić information content (AvgIpc) is 2.38. The fraction of sp³-hybridized carbons (Fsp3) is 1.00. The van der Waals surface area contributed by atoms with Gasteiger partial charge < -0.3 is 10.5 Å². The van der Waals surface area contributed by atoms with E-state index in [-0.39, 0.29) is 5.54 Å². The van der Waals surface area contributed by atoms with E-state index in [0.717, 1.165) is 38.0 Å². The predicted molar refractivity (Wildman–Crippen MR) is 77.7 cm³/mol. The smallest absolute Gasteiger partial charge is 0.0474 e. The van der Waals surface area contributed by atoms with Crippen molar-refractivity contribution in [3.63, 3.8) is 0 Å². The summed E-state index contributed by atoms with van der Waals surface area (Å²) in [6, 6.07) is 0. The van der Waals surface area contributed by atoms with E-state index >= 15 is 0 Å². The molecule has 0 bridgehead atoms. The molecule has 2 N–H and O–H groups in total. The van der Waals surface area contributed by atoms with Crippen molar-refractivity contribution in [3.05, 3.63) is 0 Å². The summed E-state index contributed by atoms with van der Waals surface area (Å²) in [5.41, 5.74) is 6.34. The third-order valence-corrected chi connectivity index (χ3v) is 4.94. The summed E-state index contributed by atoms with van der Waals surface area (Å²) in [4.78, 5) is 2.49. The van der Waals surface area contributed by atoms with E-state index in [1.807, 2.05) is 0 Å². The number of ether oxygens (including phenoxy) is 1. The Hall–Kier alpha value is -0.120. The van der Waals surface area contributed by atoms with Gasteiger partial charge in [0.15, 0.2) is 0 Å². The normalized spacial score (nSPS) is 29.2. The SMILES string of the molecule is COCCCN(C)C1(CN)CCC(C(C)C)CC1. The number of likely N-dealkylation sites (N-methyl/N-ethyl adjacent to an activating group) is 1. The van der Waals surface area contributed by atoms with Gasteiger partial charge in [0.2, 0.25) is 0 Å². The average molecular weight is 256 g/mol. The van der Waals surface area contributed by atoms with Crippen molar-refractivity contribution in [3.8, 4) is 0 Å². The lowest BCUT2D eigenvalue weighted by atomic mass is 9.72. The minimum Gasteiger partial charge on any atom is -0.385 e. The maximum Gasteiger partial charge on any atom is 0.0474 e. The van der Waals surface area contributed by atoms with Crippen LogP contribution in [0.1, 0.15) is 46.0 Å². The van der Waals surface area contributed by atoms with E-state index in [0.29, 0.717) is 0 Å². The zero-order chi connectivity index (χ0) is 13.6. The lowest BCUT2D eigenvalue weighted by Gasteiger charge is -2.47. The maximum absolute atomic E-state index is 6.09. The van der Waals surface area contributed by atoms with Crippen molar-refractivity contribution >= 4 is 0 Å². The summed E-state index contributed by atoms with van der Waals surface area (Å²) >= 11 is 0. The number of nitrogens with two attached hydrogens (primary N) is 1. The summed E-state index contributed by atoms with van der Waals surface area (Å²) in [5, 5.41) is 0. The van der Waals surface area contributed by atoms with Gasteiger partial charge >= 0.3 is 0 Å². The Kier molecular flexibility index (Phi) is 6.61. The molecule has 0 atom stereocenters. The monoisotopic (exact) mass is 256 g/mol. The summed E-state index contributed by atoms with van der Waals surface area (Å²) in [5.74, 6) is 1.72. The molecule has 0 radical (unpaired) electrons. The topological polar surface area (TPSA) is 38.5 Å². The fourth-order valence-corrected chi connectivity index (χ4v) is 3.27. The number of rotatable bonds is 7. The highest BCUT2D eigenvalue weighted by Gasteiger charge is 2.37. The van der Waals surface area contributed by atoms with Crippen LogP contribution in [-0.4, -0.2) is 44.3 Å². The van der Waals surface area contributed by atoms with Crippen LogP contribution in [0.3, 0.4) is 0 Å². The summed E-state index contributed by atoms with van der Waals surface area (Å²) in [6.07, 6.45) is 6.29. The summed E-state index contributed by atoms with van der Waals surface area (Å²) in [7, 11) is 4.00. The molecule has 0 saturated heterocycles. The molecule has 1 rings (SSSR count). The molecule has 1 aliphatic rings. The molecule has 0 amide bonds. The molecule has 1 aliphatic carbocycles. The van der Waals surface area contributed by atoms with Crippen LogP contribution in [0, 0.1) is 11.8 Å². The highest BCUT2D eigenvalue weighted by molar-refractivity contribution is 4.95. The first-order valence-corrected chi connectivity index (χ1v) is 7.46. The van der Waals surface area contributed by atoms with Gasteiger partial charge in [-0.05, 0) is 51.0 Å². The second-order valence-electron chi connectivity index (χ2n) is 6.28. The van der Waals surface area contributed by atoms with Gasteiger partial charge in [0, 0.05) is 32.3 Å². The van der Waals surface area contributed by atoms with E-state index in [1.165, 1.54) is 25.7 Å². The predicted octanol–water partition coefficient (Wildman–Crippen LogP) is 2.50. The van der Waals surface area contributed by atoms with E-state index in [4.69, 9.17) is 10.5 Å². The quantitative estimate of drug-likeness (QED) is 0.711. The van der Waals surface area contributed by atoms with Crippen molar-refractivity contribution in [1.29, 1.82) is 0 Å². The van der Waals surface area contributed by atoms with Gasteiger partial charge in [0.05, 0.1) is 0 Å². The summed E-state index contributed by atoms with van der Waals surface area (Å²) in [6.45, 7) is 7.43. The van der Waals surface area contributed by atoms with Gasteiger partial charge in [-0.25, -0.2) is 0 Å². The molecule has 3 nitrogen and oxygen atoms in total. The molecule has 1 fully saturated rings. The van der Waals surface area contributed by atoms with Crippen LogP contribution in [0.15, 0.2) is 0 Å². The molecule has 18 heavy (non-hydrogen) atoms. The second-order valence-corrected chi connectivity index (χ2v) is 6.28. The molecule has 1 saturated carbocycles. The Morgan fingerprint density at radius 2 is 1.94 bits per heavy atom. The highest BCUT2D eigenvalue weighted by atomic mass is 16.5. The molecule has 0 aromatic rings. The Morgan fingerprint density at radius 3 is 2.39 bits per heavy atom. The molecule has 0 aromatic heterocycles. The zero-order valence-electron chi connectivity index (χ0n) is 12.7. The fourth-order valence-electron chi connectivity index (χ4n) is 3.27. The van der Waals surface area contributed by atoms with Crippen molar-refractivity contribution in [1.82, 2.24) is 4.90 Å². The Morgan fingerprint density at radius 1 is 1.33 bits per heavy atom. The molecule has 0 unspecified atom stereocenters. The molecular formula is C15H32N2O. The Labute approximate surface area is 113 Å². The van der Waals surface area contributed by atoms with Gasteiger partial charge in [0.25, 0.3) is 0 Å². The number of hydrogen-bond acceptors (Lipinski definition) is 3. The minimum atomic E-state index is 0.249. The van der Waals surface area contributed by atoms with Gasteiger partial charge in [-0.3, -0.25) is 4.90 Å². The van der Waals surface area contributed by atoms with Gasteiger partial charge in [-0.15, -0.1) is 0 Å². The molecular weight excluding hydrogens is 224 g/mol. The first-order valence-electron chi connectivity index (χ1n) is 7.46. The molecule has 0 aliphatic heterocycles. The van der Waals surface area contributed by atoms with E-state index < -0.39 is 0 Å². The van der Waals surface area contributed by atoms with Crippen molar-refractivity contribution in [2.24, 2.45) is 17.6 Å². The van der Waals surface area contributed by atoms with Crippen molar-refractivity contribution in [2.45, 2.75) is 51.5 Å². The Bertz CT molecular complexity index is 223. The number of methoxy groups -OCH3 is 1. The van der Waals surface area contributed by atoms with Crippen LogP contribution in [0.25, 0.3) is 0 Å². The third kappa shape index (κ3) is 3.94. The largest absolute Gasteiger partial charge is 0.385 e. The highest BCUT2D eigenvalue weighted by Crippen LogP contribution is 2.38. The first-order chi connectivity index (χ1) is 8.55. The standard InChI is InChI=1S/C15H32N2O/c1-13(2)14-6-8-15(12-16,9-7-14)17(3)10-5-11-18-4/h13-14H,5-12,16H2,1-4H3. The van der Waals surface area contributed by atoms with Crippen LogP contribution in [0.2, 0.25) is 0 Å². The molecule has 0 aromatic carbocycles. The molecule has 108 valence electrons. The van der Waals surface area contributed by atoms with Crippen LogP contribution in [-0.2, 0) is 4.74 Å². The van der Waals surface area contributed by atoms with Crippen molar-refractivity contribution < 1.29 is 4.74 Å². The Balaban J connectivity index is 2.48. The van der Waals surface area contributed by atoms with Crippen LogP contribution >= 0.6 is 0 Å². The van der Waals surface area contributed by atoms with Crippen LogP contribution < -0.4 is 5.73 Å². The third-order valence-electron chi connectivity index (χ3n) is 4.94. The zero-order valence-corrected chi connectivity index (χ0v) is 12.7. The molecule has 0 heterocycles. The lowest BCUT2D eigenvalue weighted by molar-refractivity contribution is 0.0487. The van der Waals surface area contributed by atoms with Crippen LogP contribution in [0.5, 0.6) is 0 Å². The first kappa shape index (κ1) is 15.9. The maximum atomic E-state index is 6.09. The second kappa shape index (κ2) is 7.46. The van der Waals surface area contributed by atoms with Gasteiger partial charge in [0.1, 0.15) is 0 Å². The minimum absolute atomic E-state index is 0.249. The molecule has 3 heteroatoms. The van der Waals surface area contributed by atoms with Gasteiger partial charge in [-0.1, -0.05) is 13.8 Å². The van der Waals surface area contributed by atoms with Gasteiger partial charge in [-0.2, -0.15) is 0 Å². The van der Waals surface area contributed by atoms with E-state index in [2.05, 4.69) is 25.8 Å². The van der Waals surface area contributed by atoms with Crippen molar-refractivity contribution in [2.75, 3.05) is 33.9 Å². The van der Waals surface area contributed by atoms with E-state index in [9.17, 15) is 0 Å². The molecule has 0 spiro atoms. The summed E-state index contributed by atoms with van der Waals surface area (Å²) < 4.78 is 5.14. The van der Waals surface area contributed by atoms with E-state index in [1.54, 1.807) is 7.11 Å².